The van der Waals surface area contributed by atoms with Crippen LogP contribution >= 0.6 is 0 Å². The van der Waals surface area contributed by atoms with Crippen molar-refractivity contribution in [1.82, 2.24) is 5.32 Å². The van der Waals surface area contributed by atoms with Crippen molar-refractivity contribution in [2.45, 2.75) is 33.2 Å². The second kappa shape index (κ2) is 5.87. The largest absolute Gasteiger partial charge is 0.377 e. The molecule has 2 aromatic rings. The Hall–Kier alpha value is -2.35. The zero-order valence-corrected chi connectivity index (χ0v) is 15.1. The Morgan fingerprint density at radius 3 is 2.00 bits per heavy atom. The molecule has 2 nitrogen and oxygen atoms in total. The van der Waals surface area contributed by atoms with Crippen LogP contribution in [-0.4, -0.2) is 5.78 Å². The van der Waals surface area contributed by atoms with Crippen LogP contribution in [0.25, 0.3) is 0 Å². The van der Waals surface area contributed by atoms with Crippen molar-refractivity contribution in [2.24, 2.45) is 17.3 Å². The molecule has 0 aliphatic heterocycles. The molecule has 0 amide bonds. The van der Waals surface area contributed by atoms with E-state index < -0.39 is 0 Å². The minimum absolute atomic E-state index is 0.0589. The monoisotopic (exact) mass is 331 g/mol. The lowest BCUT2D eigenvalue weighted by Crippen LogP contribution is -2.24. The third kappa shape index (κ3) is 2.70. The summed E-state index contributed by atoms with van der Waals surface area (Å²) in [5, 5.41) is 3.68. The highest BCUT2D eigenvalue weighted by atomic mass is 16.1. The third-order valence-electron chi connectivity index (χ3n) is 6.10. The summed E-state index contributed by atoms with van der Waals surface area (Å²) < 4.78 is 0. The molecule has 1 N–H and O–H groups in total. The average molecular weight is 331 g/mol. The van der Waals surface area contributed by atoms with Gasteiger partial charge in [-0.05, 0) is 35.3 Å². The van der Waals surface area contributed by atoms with Crippen LogP contribution < -0.4 is 5.32 Å². The van der Waals surface area contributed by atoms with Gasteiger partial charge in [0.05, 0.1) is 6.04 Å². The minimum atomic E-state index is 0.0589. The van der Waals surface area contributed by atoms with Gasteiger partial charge in [-0.15, -0.1) is 0 Å². The van der Waals surface area contributed by atoms with Crippen molar-refractivity contribution >= 4 is 5.78 Å². The minimum Gasteiger partial charge on any atom is -0.377 e. The summed E-state index contributed by atoms with van der Waals surface area (Å²) >= 11 is 0. The Bertz CT molecular complexity index is 780. The molecule has 2 atom stereocenters. The van der Waals surface area contributed by atoms with Crippen molar-refractivity contribution < 1.29 is 4.79 Å². The normalized spacial score (nSPS) is 25.7. The molecule has 0 aromatic heterocycles. The van der Waals surface area contributed by atoms with Crippen LogP contribution in [0.3, 0.4) is 0 Å². The predicted molar refractivity (Wildman–Crippen MR) is 101 cm³/mol. The molecule has 4 rings (SSSR count). The zero-order chi connectivity index (χ0) is 17.6. The number of rotatable bonds is 4. The van der Waals surface area contributed by atoms with Gasteiger partial charge in [-0.25, -0.2) is 0 Å². The number of fused-ring (bicyclic) bond motifs is 1. The summed E-state index contributed by atoms with van der Waals surface area (Å²) in [7, 11) is 0. The van der Waals surface area contributed by atoms with Crippen molar-refractivity contribution in [1.29, 1.82) is 0 Å². The summed E-state index contributed by atoms with van der Waals surface area (Å²) in [5.41, 5.74) is 4.78. The summed E-state index contributed by atoms with van der Waals surface area (Å²) in [6.07, 6.45) is 0.716. The molecule has 0 bridgehead atoms. The Balaban J connectivity index is 1.70. The van der Waals surface area contributed by atoms with E-state index in [1.807, 2.05) is 12.1 Å². The molecule has 128 valence electrons. The molecule has 0 unspecified atom stereocenters. The molecule has 0 heterocycles. The second-order valence-corrected chi connectivity index (χ2v) is 7.97. The first kappa shape index (κ1) is 16.1. The van der Waals surface area contributed by atoms with Gasteiger partial charge in [0.15, 0.2) is 5.78 Å². The number of allylic oxidation sites excluding steroid dienone is 2. The van der Waals surface area contributed by atoms with E-state index in [-0.39, 0.29) is 11.5 Å². The van der Waals surface area contributed by atoms with E-state index in [1.165, 1.54) is 11.1 Å². The van der Waals surface area contributed by atoms with Gasteiger partial charge in [0.2, 0.25) is 0 Å². The number of Topliss-reactive ketones (excluding diaryl/α,β-unsaturated/α-hetero) is 1. The van der Waals surface area contributed by atoms with Gasteiger partial charge >= 0.3 is 0 Å². The maximum Gasteiger partial charge on any atom is 0.161 e. The van der Waals surface area contributed by atoms with Gasteiger partial charge in [-0.2, -0.15) is 0 Å². The first-order valence-corrected chi connectivity index (χ1v) is 9.10. The van der Waals surface area contributed by atoms with E-state index in [0.717, 1.165) is 11.3 Å². The lowest BCUT2D eigenvalue weighted by molar-refractivity contribution is -0.115. The van der Waals surface area contributed by atoms with Gasteiger partial charge < -0.3 is 5.32 Å². The summed E-state index contributed by atoms with van der Waals surface area (Å²) in [6, 6.07) is 21.0. The van der Waals surface area contributed by atoms with E-state index in [9.17, 15) is 4.79 Å². The molecular formula is C23H25NO. The molecule has 25 heavy (non-hydrogen) atoms. The van der Waals surface area contributed by atoms with Crippen LogP contribution in [0.4, 0.5) is 0 Å². The zero-order valence-electron chi connectivity index (χ0n) is 15.1. The Morgan fingerprint density at radius 2 is 1.52 bits per heavy atom. The van der Waals surface area contributed by atoms with Crippen LogP contribution in [0.15, 0.2) is 71.9 Å². The van der Waals surface area contributed by atoms with Gasteiger partial charge in [0.1, 0.15) is 0 Å². The SMILES string of the molecule is C/C(NC(c1ccccc1)c1ccccc1)=C1/C(=O)C[C@@H]2[C@H]1C2(C)C. The van der Waals surface area contributed by atoms with E-state index >= 15 is 0 Å². The van der Waals surface area contributed by atoms with Crippen LogP contribution in [0.2, 0.25) is 0 Å². The van der Waals surface area contributed by atoms with Gasteiger partial charge in [-0.1, -0.05) is 74.5 Å². The molecular weight excluding hydrogens is 306 g/mol. The molecule has 0 radical (unpaired) electrons. The van der Waals surface area contributed by atoms with Crippen molar-refractivity contribution in [2.75, 3.05) is 0 Å². The smallest absolute Gasteiger partial charge is 0.161 e. The highest BCUT2D eigenvalue weighted by Gasteiger charge is 2.65. The van der Waals surface area contributed by atoms with Crippen LogP contribution in [-0.2, 0) is 4.79 Å². The maximum absolute atomic E-state index is 12.5. The molecule has 0 saturated heterocycles. The number of benzene rings is 2. The average Bonchev–Trinajstić information content (AvgIpc) is 2.96. The van der Waals surface area contributed by atoms with E-state index in [1.54, 1.807) is 0 Å². The fourth-order valence-corrected chi connectivity index (χ4v) is 4.57. The fraction of sp³-hybridized carbons (Fsp3) is 0.348. The molecule has 2 fully saturated rings. The molecule has 2 aliphatic rings. The molecule has 2 saturated carbocycles. The Morgan fingerprint density at radius 1 is 1.00 bits per heavy atom. The first-order chi connectivity index (χ1) is 12.0. The van der Waals surface area contributed by atoms with Gasteiger partial charge in [0, 0.05) is 17.7 Å². The van der Waals surface area contributed by atoms with Crippen molar-refractivity contribution in [3.8, 4) is 0 Å². The van der Waals surface area contributed by atoms with Gasteiger partial charge in [-0.3, -0.25) is 4.79 Å². The fourth-order valence-electron chi connectivity index (χ4n) is 4.57. The van der Waals surface area contributed by atoms with Crippen LogP contribution in [0.1, 0.15) is 44.4 Å². The number of hydrogen-bond donors (Lipinski definition) is 1. The van der Waals surface area contributed by atoms with E-state index in [0.29, 0.717) is 24.0 Å². The lowest BCUT2D eigenvalue weighted by atomic mass is 9.94. The highest BCUT2D eigenvalue weighted by Crippen LogP contribution is 2.68. The lowest BCUT2D eigenvalue weighted by Gasteiger charge is -2.23. The predicted octanol–water partition coefficient (Wildman–Crippen LogP) is 4.88. The number of carbonyl (C=O) groups excluding carboxylic acids is 1. The number of hydrogen-bond acceptors (Lipinski definition) is 2. The number of nitrogens with one attached hydrogen (secondary N) is 1. The summed E-state index contributed by atoms with van der Waals surface area (Å²) in [4.78, 5) is 12.5. The first-order valence-electron chi connectivity index (χ1n) is 9.10. The summed E-state index contributed by atoms with van der Waals surface area (Å²) in [5.74, 6) is 1.30. The molecule has 2 heteroatoms. The molecule has 2 aromatic carbocycles. The van der Waals surface area contributed by atoms with E-state index in [2.05, 4.69) is 74.6 Å². The Kier molecular flexibility index (Phi) is 3.79. The van der Waals surface area contributed by atoms with Crippen molar-refractivity contribution in [3.63, 3.8) is 0 Å². The van der Waals surface area contributed by atoms with Crippen molar-refractivity contribution in [3.05, 3.63) is 83.1 Å². The van der Waals surface area contributed by atoms with E-state index in [4.69, 9.17) is 0 Å². The standard InChI is InChI=1S/C23H25NO/c1-15(20-19(25)14-18-21(20)23(18,2)3)24-22(16-10-6-4-7-11-16)17-12-8-5-9-13-17/h4-13,18,21-22,24H,14H2,1-3H3/b20-15+/t18-,21-/m1/s1. The maximum atomic E-state index is 12.5. The molecule has 2 aliphatic carbocycles. The summed E-state index contributed by atoms with van der Waals surface area (Å²) in [6.45, 7) is 6.64. The molecule has 0 spiro atoms. The quantitative estimate of drug-likeness (QED) is 0.809. The van der Waals surface area contributed by atoms with Gasteiger partial charge in [0.25, 0.3) is 0 Å². The highest BCUT2D eigenvalue weighted by molar-refractivity contribution is 6.01. The topological polar surface area (TPSA) is 29.1 Å². The Labute approximate surface area is 150 Å². The third-order valence-corrected chi connectivity index (χ3v) is 6.10. The van der Waals surface area contributed by atoms with Crippen LogP contribution in [0.5, 0.6) is 0 Å². The number of ketones is 1. The number of carbonyl (C=O) groups is 1. The van der Waals surface area contributed by atoms with Crippen LogP contribution in [0, 0.1) is 17.3 Å². The second-order valence-electron chi connectivity index (χ2n) is 7.97.